The van der Waals surface area contributed by atoms with Gasteiger partial charge in [-0.25, -0.2) is 13.2 Å². The molecule has 0 aromatic heterocycles. The summed E-state index contributed by atoms with van der Waals surface area (Å²) in [6.45, 7) is 1.67. The van der Waals surface area contributed by atoms with Gasteiger partial charge in [-0.05, 0) is 12.8 Å². The third-order valence-electron chi connectivity index (χ3n) is 4.89. The molecule has 0 bridgehead atoms. The predicted octanol–water partition coefficient (Wildman–Crippen LogP) is 2.62. The van der Waals surface area contributed by atoms with Crippen molar-refractivity contribution >= 4 is 23.5 Å². The van der Waals surface area contributed by atoms with Crippen molar-refractivity contribution in [3.63, 3.8) is 0 Å². The summed E-state index contributed by atoms with van der Waals surface area (Å²) in [6.07, 6.45) is 1.13. The molecule has 1 aromatic carbocycles. The number of amides is 1. The van der Waals surface area contributed by atoms with E-state index in [4.69, 9.17) is 0 Å². The third kappa shape index (κ3) is 4.40. The van der Waals surface area contributed by atoms with Crippen molar-refractivity contribution in [1.82, 2.24) is 10.2 Å². The van der Waals surface area contributed by atoms with Crippen molar-refractivity contribution in [3.8, 4) is 0 Å². The number of benzene rings is 1. The van der Waals surface area contributed by atoms with E-state index < -0.39 is 34.7 Å². The van der Waals surface area contributed by atoms with Gasteiger partial charge in [0, 0.05) is 61.7 Å². The lowest BCUT2D eigenvalue weighted by Gasteiger charge is -2.33. The Morgan fingerprint density at radius 3 is 2.38 bits per heavy atom. The van der Waals surface area contributed by atoms with E-state index in [1.807, 2.05) is 11.8 Å². The molecule has 2 fully saturated rings. The summed E-state index contributed by atoms with van der Waals surface area (Å²) in [5, 5.41) is 3.32. The Labute approximate surface area is 154 Å². The van der Waals surface area contributed by atoms with Crippen molar-refractivity contribution < 1.29 is 22.8 Å². The topological polar surface area (TPSA) is 49.4 Å². The summed E-state index contributed by atoms with van der Waals surface area (Å²) < 4.78 is 40.6. The molecule has 8 heteroatoms. The first-order valence-electron chi connectivity index (χ1n) is 8.73. The van der Waals surface area contributed by atoms with Gasteiger partial charge < -0.3 is 10.2 Å². The number of ketones is 1. The number of hydrogen-bond donors (Lipinski definition) is 1. The maximum Gasteiger partial charge on any atom is 0.224 e. The van der Waals surface area contributed by atoms with E-state index in [1.54, 1.807) is 4.90 Å². The third-order valence-corrected chi connectivity index (χ3v) is 6.02. The Bertz CT molecular complexity index is 664. The second-order valence-electron chi connectivity index (χ2n) is 6.69. The summed E-state index contributed by atoms with van der Waals surface area (Å²) in [6, 6.07) is 1.21. The molecule has 1 unspecified atom stereocenters. The summed E-state index contributed by atoms with van der Waals surface area (Å²) in [5.74, 6) is -2.62. The number of nitrogens with zero attached hydrogens (tertiary/aromatic N) is 1. The first-order chi connectivity index (χ1) is 12.5. The fraction of sp³-hybridized carbons (Fsp3) is 0.556. The van der Waals surface area contributed by atoms with Crippen LogP contribution in [0.3, 0.4) is 0 Å². The highest BCUT2D eigenvalue weighted by molar-refractivity contribution is 7.99. The summed E-state index contributed by atoms with van der Waals surface area (Å²) >= 11 is 1.82. The fourth-order valence-electron chi connectivity index (χ4n) is 3.46. The molecule has 2 aliphatic heterocycles. The maximum atomic E-state index is 13.8. The molecule has 2 saturated heterocycles. The van der Waals surface area contributed by atoms with E-state index in [-0.39, 0.29) is 11.9 Å². The molecule has 0 aliphatic carbocycles. The van der Waals surface area contributed by atoms with Gasteiger partial charge in [0.1, 0.15) is 17.5 Å². The number of carbonyl (C=O) groups is 2. The van der Waals surface area contributed by atoms with E-state index in [0.29, 0.717) is 44.5 Å². The van der Waals surface area contributed by atoms with Gasteiger partial charge in [-0.3, -0.25) is 9.59 Å². The van der Waals surface area contributed by atoms with Gasteiger partial charge in [-0.1, -0.05) is 0 Å². The average molecular weight is 386 g/mol. The van der Waals surface area contributed by atoms with Crippen LogP contribution < -0.4 is 5.32 Å². The van der Waals surface area contributed by atoms with Gasteiger partial charge in [0.2, 0.25) is 5.91 Å². The quantitative estimate of drug-likeness (QED) is 0.809. The molecule has 1 N–H and O–H groups in total. The van der Waals surface area contributed by atoms with E-state index >= 15 is 0 Å². The maximum absolute atomic E-state index is 13.8. The zero-order valence-electron chi connectivity index (χ0n) is 14.3. The van der Waals surface area contributed by atoms with E-state index in [1.165, 1.54) is 0 Å². The Hall–Kier alpha value is -1.54. The Morgan fingerprint density at radius 2 is 1.81 bits per heavy atom. The zero-order valence-corrected chi connectivity index (χ0v) is 15.1. The van der Waals surface area contributed by atoms with Crippen LogP contribution in [0, 0.1) is 23.4 Å². The van der Waals surface area contributed by atoms with Gasteiger partial charge in [0.05, 0.1) is 5.56 Å². The van der Waals surface area contributed by atoms with E-state index in [9.17, 15) is 22.8 Å². The van der Waals surface area contributed by atoms with Gasteiger partial charge in [-0.15, -0.1) is 0 Å². The van der Waals surface area contributed by atoms with Crippen LogP contribution in [0.1, 0.15) is 29.6 Å². The van der Waals surface area contributed by atoms with E-state index in [2.05, 4.69) is 5.32 Å². The molecular weight excluding hydrogens is 365 g/mol. The predicted molar refractivity (Wildman–Crippen MR) is 93.7 cm³/mol. The number of likely N-dealkylation sites (tertiary alicyclic amines) is 1. The number of hydrogen-bond acceptors (Lipinski definition) is 4. The minimum atomic E-state index is -1.17. The minimum Gasteiger partial charge on any atom is -0.343 e. The van der Waals surface area contributed by atoms with Crippen LogP contribution >= 0.6 is 11.8 Å². The number of Topliss-reactive ketones (excluding diaryl/α,β-unsaturated/α-hetero) is 1. The fourth-order valence-corrected chi connectivity index (χ4v) is 4.41. The van der Waals surface area contributed by atoms with Crippen LogP contribution in [-0.2, 0) is 4.79 Å². The van der Waals surface area contributed by atoms with Gasteiger partial charge >= 0.3 is 0 Å². The minimum absolute atomic E-state index is 0.0371. The molecule has 1 amide bonds. The molecule has 0 saturated carbocycles. The van der Waals surface area contributed by atoms with Crippen molar-refractivity contribution in [2.45, 2.75) is 25.3 Å². The zero-order chi connectivity index (χ0) is 18.7. The molecule has 0 radical (unpaired) electrons. The summed E-state index contributed by atoms with van der Waals surface area (Å²) in [7, 11) is 0. The Balaban J connectivity index is 1.56. The average Bonchev–Trinajstić information content (AvgIpc) is 2.61. The van der Waals surface area contributed by atoms with Crippen molar-refractivity contribution in [2.75, 3.05) is 31.1 Å². The highest BCUT2D eigenvalue weighted by Gasteiger charge is 2.32. The summed E-state index contributed by atoms with van der Waals surface area (Å²) in [5.41, 5.74) is -0.681. The van der Waals surface area contributed by atoms with Crippen LogP contribution in [0.2, 0.25) is 0 Å². The van der Waals surface area contributed by atoms with Crippen LogP contribution in [0.4, 0.5) is 13.2 Å². The number of piperidine rings is 1. The first-order valence-corrected chi connectivity index (χ1v) is 9.89. The second-order valence-corrected chi connectivity index (χ2v) is 7.84. The largest absolute Gasteiger partial charge is 0.343 e. The Morgan fingerprint density at radius 1 is 1.15 bits per heavy atom. The van der Waals surface area contributed by atoms with Crippen molar-refractivity contribution in [3.05, 3.63) is 35.1 Å². The SMILES string of the molecule is O=C(c1c(F)cc(F)cc1F)C1CCN(C(=O)CC2CSCCN2)CC1. The molecule has 26 heavy (non-hydrogen) atoms. The molecular formula is C18H21F3N2O2S. The number of rotatable bonds is 4. The molecule has 2 aliphatic rings. The van der Waals surface area contributed by atoms with Crippen LogP contribution in [0.25, 0.3) is 0 Å². The van der Waals surface area contributed by atoms with E-state index in [0.717, 1.165) is 18.1 Å². The second kappa shape index (κ2) is 8.43. The van der Waals surface area contributed by atoms with Crippen LogP contribution in [0.15, 0.2) is 12.1 Å². The lowest BCUT2D eigenvalue weighted by Crippen LogP contribution is -2.45. The number of halogens is 3. The van der Waals surface area contributed by atoms with Crippen LogP contribution in [-0.4, -0.2) is 53.8 Å². The lowest BCUT2D eigenvalue weighted by atomic mass is 9.88. The lowest BCUT2D eigenvalue weighted by molar-refractivity contribution is -0.132. The number of carbonyl (C=O) groups excluding carboxylic acids is 2. The monoisotopic (exact) mass is 386 g/mol. The molecule has 2 heterocycles. The number of nitrogens with one attached hydrogen (secondary N) is 1. The highest BCUT2D eigenvalue weighted by atomic mass is 32.2. The molecule has 142 valence electrons. The standard InChI is InChI=1S/C18H21F3N2O2S/c19-12-7-14(20)17(15(21)8-12)18(25)11-1-4-23(5-2-11)16(24)9-13-10-26-6-3-22-13/h7-8,11,13,22H,1-6,9-10H2. The van der Waals surface area contributed by atoms with Crippen molar-refractivity contribution in [2.24, 2.45) is 5.92 Å². The van der Waals surface area contributed by atoms with Gasteiger partial charge in [0.25, 0.3) is 0 Å². The van der Waals surface area contributed by atoms with Gasteiger partial charge in [0.15, 0.2) is 5.78 Å². The number of thioether (sulfide) groups is 1. The first kappa shape index (κ1) is 19.2. The molecule has 1 atom stereocenters. The molecule has 4 nitrogen and oxygen atoms in total. The molecule has 0 spiro atoms. The normalized spacial score (nSPS) is 21.7. The Kier molecular flexibility index (Phi) is 6.24. The summed E-state index contributed by atoms with van der Waals surface area (Å²) in [4.78, 5) is 26.5. The highest BCUT2D eigenvalue weighted by Crippen LogP contribution is 2.26. The van der Waals surface area contributed by atoms with Crippen molar-refractivity contribution in [1.29, 1.82) is 0 Å². The molecule has 1 aromatic rings. The smallest absolute Gasteiger partial charge is 0.224 e. The van der Waals surface area contributed by atoms with Gasteiger partial charge in [-0.2, -0.15) is 11.8 Å². The molecule has 3 rings (SSSR count). The van der Waals surface area contributed by atoms with Crippen LogP contribution in [0.5, 0.6) is 0 Å².